The summed E-state index contributed by atoms with van der Waals surface area (Å²) < 4.78 is 0. The molecule has 1 aliphatic heterocycles. The second-order valence-corrected chi connectivity index (χ2v) is 6.63. The minimum absolute atomic E-state index is 0.00959. The van der Waals surface area contributed by atoms with Gasteiger partial charge in [0.2, 0.25) is 5.91 Å². The molecule has 0 aromatic heterocycles. The van der Waals surface area contributed by atoms with E-state index in [1.807, 2.05) is 72.5 Å². The average Bonchev–Trinajstić information content (AvgIpc) is 2.69. The number of hydrogen-bond acceptors (Lipinski definition) is 3. The third-order valence-corrected chi connectivity index (χ3v) is 4.72. The van der Waals surface area contributed by atoms with E-state index < -0.39 is 0 Å². The maximum absolute atomic E-state index is 12.5. The van der Waals surface area contributed by atoms with Crippen molar-refractivity contribution in [3.63, 3.8) is 0 Å². The van der Waals surface area contributed by atoms with E-state index in [2.05, 4.69) is 10.2 Å². The van der Waals surface area contributed by atoms with Gasteiger partial charge in [-0.2, -0.15) is 0 Å². The van der Waals surface area contributed by atoms with Crippen LogP contribution in [0, 0.1) is 0 Å². The fourth-order valence-corrected chi connectivity index (χ4v) is 3.19. The SMILES string of the molecule is C[C@H](NC(=O)CN1CCN(C(=O)c2ccccc2)CC1)c1ccccc1. The zero-order chi connectivity index (χ0) is 18.4. The topological polar surface area (TPSA) is 52.7 Å². The van der Waals surface area contributed by atoms with Crippen LogP contribution >= 0.6 is 0 Å². The van der Waals surface area contributed by atoms with Gasteiger partial charge >= 0.3 is 0 Å². The summed E-state index contributed by atoms with van der Waals surface area (Å²) in [6.45, 7) is 5.08. The Morgan fingerprint density at radius 3 is 2.12 bits per heavy atom. The summed E-state index contributed by atoms with van der Waals surface area (Å²) in [7, 11) is 0. The Morgan fingerprint density at radius 2 is 1.50 bits per heavy atom. The predicted molar refractivity (Wildman–Crippen MR) is 102 cm³/mol. The van der Waals surface area contributed by atoms with Gasteiger partial charge in [0.1, 0.15) is 0 Å². The Bertz CT molecular complexity index is 725. The van der Waals surface area contributed by atoms with Crippen molar-refractivity contribution in [3.05, 3.63) is 71.8 Å². The van der Waals surface area contributed by atoms with Gasteiger partial charge in [-0.3, -0.25) is 14.5 Å². The molecule has 26 heavy (non-hydrogen) atoms. The molecule has 0 bridgehead atoms. The van der Waals surface area contributed by atoms with Crippen LogP contribution in [-0.4, -0.2) is 54.3 Å². The number of nitrogens with one attached hydrogen (secondary N) is 1. The number of carbonyl (C=O) groups is 2. The molecule has 1 heterocycles. The Labute approximate surface area is 154 Å². The lowest BCUT2D eigenvalue weighted by atomic mass is 10.1. The lowest BCUT2D eigenvalue weighted by Crippen LogP contribution is -2.51. The highest BCUT2D eigenvalue weighted by atomic mass is 16.2. The summed E-state index contributed by atoms with van der Waals surface area (Å²) in [5, 5.41) is 3.04. The summed E-state index contributed by atoms with van der Waals surface area (Å²) in [5.41, 5.74) is 1.81. The first-order valence-corrected chi connectivity index (χ1v) is 9.04. The molecule has 0 saturated carbocycles. The summed E-state index contributed by atoms with van der Waals surface area (Å²) in [6.07, 6.45) is 0. The lowest BCUT2D eigenvalue weighted by Gasteiger charge is -2.34. The standard InChI is InChI=1S/C21H25N3O2/c1-17(18-8-4-2-5-9-18)22-20(25)16-23-12-14-24(15-13-23)21(26)19-10-6-3-7-11-19/h2-11,17H,12-16H2,1H3,(H,22,25)/t17-/m0/s1. The maximum atomic E-state index is 12.5. The predicted octanol–water partition coefficient (Wildman–Crippen LogP) is 2.32. The van der Waals surface area contributed by atoms with E-state index in [0.29, 0.717) is 32.7 Å². The van der Waals surface area contributed by atoms with Crippen molar-refractivity contribution in [3.8, 4) is 0 Å². The molecule has 136 valence electrons. The first-order valence-electron chi connectivity index (χ1n) is 9.04. The molecule has 2 aromatic carbocycles. The molecular formula is C21H25N3O2. The third-order valence-electron chi connectivity index (χ3n) is 4.72. The van der Waals surface area contributed by atoms with E-state index in [0.717, 1.165) is 11.1 Å². The highest BCUT2D eigenvalue weighted by molar-refractivity contribution is 5.94. The molecule has 0 aliphatic carbocycles. The quantitative estimate of drug-likeness (QED) is 0.899. The van der Waals surface area contributed by atoms with E-state index in [1.54, 1.807) is 0 Å². The molecule has 5 heteroatoms. The summed E-state index contributed by atoms with van der Waals surface area (Å²) in [4.78, 5) is 28.7. The molecule has 5 nitrogen and oxygen atoms in total. The van der Waals surface area contributed by atoms with Gasteiger partial charge in [-0.05, 0) is 24.6 Å². The molecule has 1 saturated heterocycles. The summed E-state index contributed by atoms with van der Waals surface area (Å²) in [6, 6.07) is 19.3. The van der Waals surface area contributed by atoms with Crippen molar-refractivity contribution in [1.82, 2.24) is 15.1 Å². The maximum Gasteiger partial charge on any atom is 0.253 e. The zero-order valence-corrected chi connectivity index (χ0v) is 15.1. The van der Waals surface area contributed by atoms with Crippen LogP contribution in [0.15, 0.2) is 60.7 Å². The fraction of sp³-hybridized carbons (Fsp3) is 0.333. The van der Waals surface area contributed by atoms with Crippen molar-refractivity contribution >= 4 is 11.8 Å². The average molecular weight is 351 g/mol. The van der Waals surface area contributed by atoms with Crippen LogP contribution in [0.1, 0.15) is 28.9 Å². The third kappa shape index (κ3) is 4.70. The largest absolute Gasteiger partial charge is 0.348 e. The molecule has 2 amide bonds. The van der Waals surface area contributed by atoms with E-state index in [-0.39, 0.29) is 17.9 Å². The zero-order valence-electron chi connectivity index (χ0n) is 15.1. The molecule has 3 rings (SSSR count). The number of carbonyl (C=O) groups excluding carboxylic acids is 2. The van der Waals surface area contributed by atoms with Crippen LogP contribution in [0.5, 0.6) is 0 Å². The number of piperazine rings is 1. The highest BCUT2D eigenvalue weighted by Crippen LogP contribution is 2.12. The van der Waals surface area contributed by atoms with Gasteiger partial charge in [-0.15, -0.1) is 0 Å². The van der Waals surface area contributed by atoms with Crippen molar-refractivity contribution in [2.45, 2.75) is 13.0 Å². The number of amides is 2. The molecule has 1 aliphatic rings. The summed E-state index contributed by atoms with van der Waals surface area (Å²) in [5.74, 6) is 0.0802. The second kappa shape index (κ2) is 8.63. The van der Waals surface area contributed by atoms with E-state index in [4.69, 9.17) is 0 Å². The Balaban J connectivity index is 1.45. The van der Waals surface area contributed by atoms with Gasteiger partial charge in [0, 0.05) is 31.7 Å². The van der Waals surface area contributed by atoms with Crippen LogP contribution in [0.3, 0.4) is 0 Å². The summed E-state index contributed by atoms with van der Waals surface area (Å²) >= 11 is 0. The van der Waals surface area contributed by atoms with Crippen molar-refractivity contribution < 1.29 is 9.59 Å². The molecule has 0 spiro atoms. The van der Waals surface area contributed by atoms with Crippen LogP contribution in [0.25, 0.3) is 0 Å². The molecule has 2 aromatic rings. The number of rotatable bonds is 5. The van der Waals surface area contributed by atoms with Gasteiger partial charge in [0.25, 0.3) is 5.91 Å². The first kappa shape index (κ1) is 18.1. The normalized spacial score (nSPS) is 16.1. The van der Waals surface area contributed by atoms with Crippen molar-refractivity contribution in [2.24, 2.45) is 0 Å². The number of nitrogens with zero attached hydrogens (tertiary/aromatic N) is 2. The van der Waals surface area contributed by atoms with Crippen LogP contribution in [0.2, 0.25) is 0 Å². The minimum atomic E-state index is -0.00959. The molecule has 1 fully saturated rings. The van der Waals surface area contributed by atoms with Gasteiger partial charge in [0.15, 0.2) is 0 Å². The molecule has 1 atom stereocenters. The van der Waals surface area contributed by atoms with Gasteiger partial charge in [-0.25, -0.2) is 0 Å². The molecule has 0 unspecified atom stereocenters. The van der Waals surface area contributed by atoms with Gasteiger partial charge in [-0.1, -0.05) is 48.5 Å². The second-order valence-electron chi connectivity index (χ2n) is 6.63. The first-order chi connectivity index (χ1) is 12.6. The van der Waals surface area contributed by atoms with E-state index >= 15 is 0 Å². The van der Waals surface area contributed by atoms with E-state index in [1.165, 1.54) is 0 Å². The van der Waals surface area contributed by atoms with Crippen LogP contribution in [0.4, 0.5) is 0 Å². The Morgan fingerprint density at radius 1 is 0.923 bits per heavy atom. The minimum Gasteiger partial charge on any atom is -0.348 e. The monoisotopic (exact) mass is 351 g/mol. The molecule has 1 N–H and O–H groups in total. The number of hydrogen-bond donors (Lipinski definition) is 1. The van der Waals surface area contributed by atoms with Crippen LogP contribution < -0.4 is 5.32 Å². The van der Waals surface area contributed by atoms with Crippen LogP contribution in [-0.2, 0) is 4.79 Å². The van der Waals surface area contributed by atoms with Gasteiger partial charge < -0.3 is 10.2 Å². The smallest absolute Gasteiger partial charge is 0.253 e. The van der Waals surface area contributed by atoms with Crippen molar-refractivity contribution in [1.29, 1.82) is 0 Å². The molecule has 0 radical (unpaired) electrons. The van der Waals surface area contributed by atoms with Gasteiger partial charge in [0.05, 0.1) is 12.6 Å². The number of benzene rings is 2. The lowest BCUT2D eigenvalue weighted by molar-refractivity contribution is -0.123. The van der Waals surface area contributed by atoms with Crippen molar-refractivity contribution in [2.75, 3.05) is 32.7 Å². The molecular weight excluding hydrogens is 326 g/mol. The fourth-order valence-electron chi connectivity index (χ4n) is 3.19. The Kier molecular flexibility index (Phi) is 6.02. The Hall–Kier alpha value is -2.66. The van der Waals surface area contributed by atoms with E-state index in [9.17, 15) is 9.59 Å². The highest BCUT2D eigenvalue weighted by Gasteiger charge is 2.23.